The molecule has 2 heteroatoms. The van der Waals surface area contributed by atoms with Gasteiger partial charge in [0.1, 0.15) is 5.76 Å². The molecule has 0 fully saturated rings. The highest BCUT2D eigenvalue weighted by Gasteiger charge is 2.11. The maximum atomic E-state index is 6.17. The van der Waals surface area contributed by atoms with Crippen LogP contribution in [0.5, 0.6) is 0 Å². The van der Waals surface area contributed by atoms with E-state index < -0.39 is 0 Å². The molecule has 35 heavy (non-hydrogen) atoms. The molecular formula is C33H25NO. The molecule has 6 rings (SSSR count). The quantitative estimate of drug-likeness (QED) is 0.267. The number of hydrogen-bond acceptors (Lipinski definition) is 2. The SMILES string of the molecule is Cc1cccc(C)c1-c1ccc(-c2cc3cc(-c4cccc(-c5ccccc5)c4)ncc3o2)cc1. The van der Waals surface area contributed by atoms with Crippen LogP contribution in [0.4, 0.5) is 0 Å². The number of aromatic nitrogens is 1. The lowest BCUT2D eigenvalue weighted by Crippen LogP contribution is -1.87. The van der Waals surface area contributed by atoms with Gasteiger partial charge in [-0.05, 0) is 65.4 Å². The Labute approximate surface area is 205 Å². The summed E-state index contributed by atoms with van der Waals surface area (Å²) in [6.45, 7) is 4.32. The van der Waals surface area contributed by atoms with Gasteiger partial charge in [-0.25, -0.2) is 0 Å². The molecule has 168 valence electrons. The smallest absolute Gasteiger partial charge is 0.153 e. The summed E-state index contributed by atoms with van der Waals surface area (Å²) in [7, 11) is 0. The average Bonchev–Trinajstić information content (AvgIpc) is 3.33. The Morgan fingerprint density at radius 3 is 1.97 bits per heavy atom. The molecule has 2 heterocycles. The minimum atomic E-state index is 0.793. The van der Waals surface area contributed by atoms with Gasteiger partial charge in [0.25, 0.3) is 0 Å². The number of benzene rings is 4. The van der Waals surface area contributed by atoms with Crippen LogP contribution in [0.25, 0.3) is 55.8 Å². The lowest BCUT2D eigenvalue weighted by atomic mass is 9.95. The third-order valence-electron chi connectivity index (χ3n) is 6.61. The van der Waals surface area contributed by atoms with E-state index in [1.807, 2.05) is 12.3 Å². The van der Waals surface area contributed by atoms with Crippen molar-refractivity contribution in [1.29, 1.82) is 0 Å². The van der Waals surface area contributed by atoms with Crippen molar-refractivity contribution >= 4 is 11.0 Å². The van der Waals surface area contributed by atoms with Crippen LogP contribution in [0.15, 0.2) is 120 Å². The normalized spacial score (nSPS) is 11.1. The number of furan rings is 1. The first-order chi connectivity index (χ1) is 17.2. The average molecular weight is 452 g/mol. The summed E-state index contributed by atoms with van der Waals surface area (Å²) in [5.41, 5.74) is 11.4. The van der Waals surface area contributed by atoms with Crippen molar-refractivity contribution in [2.45, 2.75) is 13.8 Å². The number of fused-ring (bicyclic) bond motifs is 1. The highest BCUT2D eigenvalue weighted by molar-refractivity contribution is 5.86. The van der Waals surface area contributed by atoms with E-state index in [1.54, 1.807) is 0 Å². The first-order valence-corrected chi connectivity index (χ1v) is 11.9. The van der Waals surface area contributed by atoms with Crippen LogP contribution in [0.1, 0.15) is 11.1 Å². The Morgan fingerprint density at radius 1 is 0.543 bits per heavy atom. The largest absolute Gasteiger partial charge is 0.454 e. The molecule has 0 saturated carbocycles. The molecule has 0 atom stereocenters. The zero-order valence-electron chi connectivity index (χ0n) is 19.8. The van der Waals surface area contributed by atoms with E-state index in [0.29, 0.717) is 0 Å². The van der Waals surface area contributed by atoms with Crippen molar-refractivity contribution < 1.29 is 4.42 Å². The molecule has 0 saturated heterocycles. The van der Waals surface area contributed by atoms with E-state index in [-0.39, 0.29) is 0 Å². The lowest BCUT2D eigenvalue weighted by molar-refractivity contribution is 0.630. The van der Waals surface area contributed by atoms with Gasteiger partial charge >= 0.3 is 0 Å². The number of hydrogen-bond donors (Lipinski definition) is 0. The minimum Gasteiger partial charge on any atom is -0.454 e. The van der Waals surface area contributed by atoms with Crippen LogP contribution >= 0.6 is 0 Å². The summed E-state index contributed by atoms with van der Waals surface area (Å²) in [6.07, 6.45) is 1.83. The van der Waals surface area contributed by atoms with Gasteiger partial charge in [-0.2, -0.15) is 0 Å². The lowest BCUT2D eigenvalue weighted by Gasteiger charge is -2.10. The molecule has 2 aromatic heterocycles. The van der Waals surface area contributed by atoms with Crippen molar-refractivity contribution in [3.63, 3.8) is 0 Å². The Hall–Kier alpha value is -4.43. The molecule has 2 nitrogen and oxygen atoms in total. The standard InChI is InChI=1S/C33H25NO/c1-22-8-6-9-23(2)33(22)26-16-14-25(15-17-26)31-20-29-19-30(34-21-32(29)35-31)28-13-7-12-27(18-28)24-10-4-3-5-11-24/h3-21H,1-2H3. The topological polar surface area (TPSA) is 26.0 Å². The second kappa shape index (κ2) is 8.73. The predicted octanol–water partition coefficient (Wildman–Crippen LogP) is 9.11. The third kappa shape index (κ3) is 4.04. The van der Waals surface area contributed by atoms with Crippen molar-refractivity contribution in [1.82, 2.24) is 4.98 Å². The minimum absolute atomic E-state index is 0.793. The Bertz CT molecular complexity index is 1620. The van der Waals surface area contributed by atoms with E-state index in [4.69, 9.17) is 9.40 Å². The van der Waals surface area contributed by atoms with E-state index in [9.17, 15) is 0 Å². The summed E-state index contributed by atoms with van der Waals surface area (Å²) < 4.78 is 6.17. The molecule has 0 aliphatic rings. The summed E-state index contributed by atoms with van der Waals surface area (Å²) in [5.74, 6) is 0.852. The maximum Gasteiger partial charge on any atom is 0.153 e. The van der Waals surface area contributed by atoms with Crippen LogP contribution in [0.3, 0.4) is 0 Å². The first kappa shape index (κ1) is 21.1. The molecule has 0 spiro atoms. The zero-order chi connectivity index (χ0) is 23.8. The van der Waals surface area contributed by atoms with Crippen LogP contribution < -0.4 is 0 Å². The van der Waals surface area contributed by atoms with Gasteiger partial charge in [0.15, 0.2) is 5.58 Å². The fourth-order valence-corrected chi connectivity index (χ4v) is 4.81. The molecule has 0 radical (unpaired) electrons. The number of nitrogens with zero attached hydrogens (tertiary/aromatic N) is 1. The van der Waals surface area contributed by atoms with Crippen molar-refractivity contribution in [3.05, 3.63) is 127 Å². The van der Waals surface area contributed by atoms with Crippen molar-refractivity contribution in [2.24, 2.45) is 0 Å². The predicted molar refractivity (Wildman–Crippen MR) is 145 cm³/mol. The molecular weight excluding hydrogens is 426 g/mol. The summed E-state index contributed by atoms with van der Waals surface area (Å²) in [6, 6.07) is 38.2. The zero-order valence-corrected chi connectivity index (χ0v) is 19.8. The monoisotopic (exact) mass is 451 g/mol. The highest BCUT2D eigenvalue weighted by atomic mass is 16.3. The molecule has 0 aliphatic carbocycles. The number of rotatable bonds is 4. The maximum absolute atomic E-state index is 6.17. The van der Waals surface area contributed by atoms with Gasteiger partial charge < -0.3 is 4.42 Å². The molecule has 0 unspecified atom stereocenters. The van der Waals surface area contributed by atoms with Gasteiger partial charge in [-0.1, -0.05) is 91.0 Å². The van der Waals surface area contributed by atoms with E-state index in [1.165, 1.54) is 33.4 Å². The molecule has 0 amide bonds. The Kier molecular flexibility index (Phi) is 5.27. The van der Waals surface area contributed by atoms with Crippen LogP contribution in [-0.4, -0.2) is 4.98 Å². The third-order valence-corrected chi connectivity index (χ3v) is 6.61. The van der Waals surface area contributed by atoms with Gasteiger partial charge in [0.05, 0.1) is 11.9 Å². The first-order valence-electron chi connectivity index (χ1n) is 11.9. The summed E-state index contributed by atoms with van der Waals surface area (Å²) >= 11 is 0. The molecule has 0 aliphatic heterocycles. The van der Waals surface area contributed by atoms with E-state index in [0.717, 1.165) is 33.6 Å². The van der Waals surface area contributed by atoms with Gasteiger partial charge in [-0.3, -0.25) is 4.98 Å². The number of pyridine rings is 1. The van der Waals surface area contributed by atoms with Crippen LogP contribution in [-0.2, 0) is 0 Å². The highest BCUT2D eigenvalue weighted by Crippen LogP contribution is 2.33. The fourth-order valence-electron chi connectivity index (χ4n) is 4.81. The number of aryl methyl sites for hydroxylation is 2. The second-order valence-corrected chi connectivity index (χ2v) is 9.01. The van der Waals surface area contributed by atoms with E-state index in [2.05, 4.69) is 117 Å². The second-order valence-electron chi connectivity index (χ2n) is 9.01. The van der Waals surface area contributed by atoms with Crippen LogP contribution in [0, 0.1) is 13.8 Å². The van der Waals surface area contributed by atoms with Crippen LogP contribution in [0.2, 0.25) is 0 Å². The fraction of sp³-hybridized carbons (Fsp3) is 0.0606. The molecule has 0 N–H and O–H groups in total. The Balaban J connectivity index is 1.33. The van der Waals surface area contributed by atoms with E-state index >= 15 is 0 Å². The van der Waals surface area contributed by atoms with Crippen molar-refractivity contribution in [2.75, 3.05) is 0 Å². The molecule has 4 aromatic carbocycles. The molecule has 6 aromatic rings. The van der Waals surface area contributed by atoms with Crippen molar-refractivity contribution in [3.8, 4) is 44.8 Å². The Morgan fingerprint density at radius 2 is 1.20 bits per heavy atom. The van der Waals surface area contributed by atoms with Gasteiger partial charge in [0.2, 0.25) is 0 Å². The van der Waals surface area contributed by atoms with Gasteiger partial charge in [0, 0.05) is 16.5 Å². The summed E-state index contributed by atoms with van der Waals surface area (Å²) in [5, 5.41) is 1.05. The summed E-state index contributed by atoms with van der Waals surface area (Å²) in [4.78, 5) is 4.70. The van der Waals surface area contributed by atoms with Gasteiger partial charge in [-0.15, -0.1) is 0 Å². The molecule has 0 bridgehead atoms.